The van der Waals surface area contributed by atoms with Crippen molar-refractivity contribution in [2.45, 2.75) is 172 Å². The lowest BCUT2D eigenvalue weighted by Gasteiger charge is -2.36. The van der Waals surface area contributed by atoms with E-state index in [0.29, 0.717) is 5.92 Å². The number of Topliss-reactive ketones (excluding diaryl/α,β-unsaturated/α-hetero) is 2. The van der Waals surface area contributed by atoms with Crippen molar-refractivity contribution in [2.75, 3.05) is 20.1 Å². The highest BCUT2D eigenvalue weighted by atomic mass is 16.1. The molecule has 0 radical (unpaired) electrons. The number of aldehydes is 1. The number of likely N-dealkylation sites (tertiary alicyclic amines) is 1. The zero-order chi connectivity index (χ0) is 46.7. The van der Waals surface area contributed by atoms with Crippen molar-refractivity contribution < 1.29 is 14.4 Å². The molecule has 1 fully saturated rings. The van der Waals surface area contributed by atoms with Crippen LogP contribution in [0.5, 0.6) is 0 Å². The normalized spacial score (nSPS) is 14.6. The summed E-state index contributed by atoms with van der Waals surface area (Å²) in [5.41, 5.74) is 14.6. The van der Waals surface area contributed by atoms with E-state index in [9.17, 15) is 9.59 Å². The molecule has 1 aliphatic heterocycles. The van der Waals surface area contributed by atoms with Crippen molar-refractivity contribution in [3.8, 4) is 11.8 Å². The molecular weight excluding hydrogens is 759 g/mol. The summed E-state index contributed by atoms with van der Waals surface area (Å²) in [6, 6.07) is 17.3. The number of carbonyl (C=O) groups is 3. The number of hydrogen-bond donors (Lipinski definition) is 0. The smallest absolute Gasteiger partial charge is 0.193 e. The van der Waals surface area contributed by atoms with E-state index in [1.54, 1.807) is 0 Å². The second-order valence-electron chi connectivity index (χ2n) is 18.6. The quantitative estimate of drug-likeness (QED) is 0.0789. The lowest BCUT2D eigenvalue weighted by Crippen LogP contribution is -2.30. The number of piperidine rings is 1. The molecule has 0 spiro atoms. The predicted octanol–water partition coefficient (Wildman–Crippen LogP) is 14.7. The molecule has 0 N–H and O–H groups in total. The minimum Gasteiger partial charge on any atom is -0.306 e. The average Bonchev–Trinajstić information content (AvgIpc) is 3.25. The van der Waals surface area contributed by atoms with Gasteiger partial charge in [0, 0.05) is 40.0 Å². The molecule has 1 saturated heterocycles. The van der Waals surface area contributed by atoms with E-state index in [2.05, 4.69) is 155 Å². The number of allylic oxidation sites excluding steroid dienone is 3. The van der Waals surface area contributed by atoms with Crippen LogP contribution in [0.3, 0.4) is 0 Å². The number of hydrogen-bond acceptors (Lipinski definition) is 4. The monoisotopic (exact) mass is 842 g/mol. The largest absolute Gasteiger partial charge is 0.306 e. The van der Waals surface area contributed by atoms with Crippen LogP contribution >= 0.6 is 0 Å². The number of unbranched alkanes of at least 4 members (excludes halogenated alkanes) is 1. The molecule has 4 nitrogen and oxygen atoms in total. The van der Waals surface area contributed by atoms with Gasteiger partial charge in [-0.1, -0.05) is 148 Å². The van der Waals surface area contributed by atoms with Crippen LogP contribution in [0, 0.1) is 30.6 Å². The number of nitrogens with zero attached hydrogens (tertiary/aromatic N) is 1. The molecule has 338 valence electrons. The van der Waals surface area contributed by atoms with E-state index < -0.39 is 0 Å². The SMILES string of the molecule is C=C(CC)CCC(C)C.CC=O.CCCC#Cc1cc2c(cc1CC)C(=O)C(c1ccc(C)cc1CC)=C(C)C2(C)C.CCc1cc(C2CCN(C)CC2)ccc1C(=O)C(C)C. The van der Waals surface area contributed by atoms with E-state index in [1.807, 2.05) is 13.8 Å². The number of rotatable bonds is 12. The highest BCUT2D eigenvalue weighted by molar-refractivity contribution is 6.32. The minimum absolute atomic E-state index is 0.0782. The molecule has 0 bridgehead atoms. The van der Waals surface area contributed by atoms with Gasteiger partial charge in [-0.15, -0.1) is 0 Å². The fraction of sp³-hybridized carbons (Fsp3) is 0.534. The topological polar surface area (TPSA) is 54.5 Å². The summed E-state index contributed by atoms with van der Waals surface area (Å²) < 4.78 is 0. The highest BCUT2D eigenvalue weighted by Gasteiger charge is 2.38. The molecule has 3 aromatic carbocycles. The molecular formula is C58H83NO3. The third kappa shape index (κ3) is 14.9. The molecule has 0 atom stereocenters. The van der Waals surface area contributed by atoms with Gasteiger partial charge in [0.25, 0.3) is 0 Å². The van der Waals surface area contributed by atoms with Crippen LogP contribution in [0.1, 0.15) is 206 Å². The Balaban J connectivity index is 0.000000354. The van der Waals surface area contributed by atoms with Crippen LogP contribution in [-0.2, 0) is 29.5 Å². The van der Waals surface area contributed by atoms with Crippen molar-refractivity contribution in [3.05, 3.63) is 122 Å². The van der Waals surface area contributed by atoms with E-state index in [0.717, 1.165) is 89.7 Å². The summed E-state index contributed by atoms with van der Waals surface area (Å²) in [5.74, 6) is 8.67. The molecule has 2 aliphatic rings. The molecule has 0 aromatic heterocycles. The fourth-order valence-corrected chi connectivity index (χ4v) is 8.17. The van der Waals surface area contributed by atoms with Crippen molar-refractivity contribution in [1.29, 1.82) is 0 Å². The lowest BCUT2D eigenvalue weighted by atomic mass is 9.66. The Morgan fingerprint density at radius 2 is 1.48 bits per heavy atom. The van der Waals surface area contributed by atoms with Crippen LogP contribution in [0.15, 0.2) is 66.3 Å². The molecule has 0 amide bonds. The molecule has 0 unspecified atom stereocenters. The first kappa shape index (κ1) is 53.8. The maximum absolute atomic E-state index is 13.8. The van der Waals surface area contributed by atoms with Gasteiger partial charge < -0.3 is 9.69 Å². The fourth-order valence-electron chi connectivity index (χ4n) is 8.17. The van der Waals surface area contributed by atoms with E-state index in [-0.39, 0.29) is 22.9 Å². The molecule has 4 heteroatoms. The number of benzene rings is 3. The van der Waals surface area contributed by atoms with Gasteiger partial charge in [0.1, 0.15) is 6.29 Å². The number of aryl methyl sites for hydroxylation is 4. The lowest BCUT2D eigenvalue weighted by molar-refractivity contribution is -0.106. The second-order valence-corrected chi connectivity index (χ2v) is 18.6. The van der Waals surface area contributed by atoms with Crippen LogP contribution in [-0.4, -0.2) is 42.9 Å². The summed E-state index contributed by atoms with van der Waals surface area (Å²) in [7, 11) is 2.19. The predicted molar refractivity (Wildman–Crippen MR) is 268 cm³/mol. The van der Waals surface area contributed by atoms with Crippen molar-refractivity contribution in [2.24, 2.45) is 11.8 Å². The third-order valence-corrected chi connectivity index (χ3v) is 12.7. The van der Waals surface area contributed by atoms with Gasteiger partial charge in [0.2, 0.25) is 0 Å². The third-order valence-electron chi connectivity index (χ3n) is 12.7. The van der Waals surface area contributed by atoms with Crippen molar-refractivity contribution in [3.63, 3.8) is 0 Å². The molecule has 62 heavy (non-hydrogen) atoms. The van der Waals surface area contributed by atoms with Gasteiger partial charge in [-0.25, -0.2) is 0 Å². The molecule has 3 aromatic rings. The minimum atomic E-state index is -0.220. The summed E-state index contributed by atoms with van der Waals surface area (Å²) in [6.45, 7) is 35.7. The van der Waals surface area contributed by atoms with Gasteiger partial charge in [0.15, 0.2) is 11.6 Å². The summed E-state index contributed by atoms with van der Waals surface area (Å²) >= 11 is 0. The van der Waals surface area contributed by atoms with E-state index in [1.165, 1.54) is 79.1 Å². The Bertz CT molecular complexity index is 2060. The Morgan fingerprint density at radius 3 is 2.02 bits per heavy atom. The highest BCUT2D eigenvalue weighted by Crippen LogP contribution is 2.45. The molecule has 1 heterocycles. The average molecular weight is 842 g/mol. The van der Waals surface area contributed by atoms with Gasteiger partial charge in [-0.3, -0.25) is 9.59 Å². The molecule has 5 rings (SSSR count). The van der Waals surface area contributed by atoms with Crippen LogP contribution < -0.4 is 0 Å². The Kier molecular flexibility index (Phi) is 22.9. The van der Waals surface area contributed by atoms with Gasteiger partial charge in [-0.05, 0) is 156 Å². The molecule has 1 aliphatic carbocycles. The first-order valence-electron chi connectivity index (χ1n) is 23.8. The summed E-state index contributed by atoms with van der Waals surface area (Å²) in [4.78, 5) is 37.3. The van der Waals surface area contributed by atoms with Gasteiger partial charge in [-0.2, -0.15) is 0 Å². The van der Waals surface area contributed by atoms with Crippen LogP contribution in [0.2, 0.25) is 0 Å². The maximum atomic E-state index is 13.8. The van der Waals surface area contributed by atoms with Gasteiger partial charge in [0.05, 0.1) is 0 Å². The number of carbonyl (C=O) groups excluding carboxylic acids is 3. The first-order valence-corrected chi connectivity index (χ1v) is 23.8. The standard InChI is InChI=1S/C29H34O.C18H27NO.C9H18.C2H4O/c1-8-11-12-13-23-18-26-25(17-21(23)9-2)28(30)27(20(5)29(26,6)7)24-15-14-19(4)16-22(24)10-3;1-5-14-12-16(15-8-10-19(4)11-9-15)6-7-17(14)18(20)13(2)3;1-5-9(4)7-6-8(2)3;1-2-3/h14-18H,8-11H2,1-7H3;6-7,12-13,15H,5,8-11H2,1-4H3;8H,4-7H2,1-3H3;2H,1H3. The summed E-state index contributed by atoms with van der Waals surface area (Å²) in [6.07, 6.45) is 11.6. The number of fused-ring (bicyclic) bond motifs is 1. The Hall–Kier alpha value is -4.33. The number of ketones is 2. The Labute approximate surface area is 379 Å². The zero-order valence-electron chi connectivity index (χ0n) is 41.8. The second kappa shape index (κ2) is 26.3. The van der Waals surface area contributed by atoms with E-state index in [4.69, 9.17) is 4.79 Å². The summed E-state index contributed by atoms with van der Waals surface area (Å²) in [5, 5.41) is 0. The van der Waals surface area contributed by atoms with E-state index >= 15 is 0 Å². The Morgan fingerprint density at radius 1 is 0.871 bits per heavy atom. The van der Waals surface area contributed by atoms with Gasteiger partial charge >= 0.3 is 0 Å². The maximum Gasteiger partial charge on any atom is 0.193 e. The van der Waals surface area contributed by atoms with Crippen LogP contribution in [0.4, 0.5) is 0 Å². The van der Waals surface area contributed by atoms with Crippen molar-refractivity contribution in [1.82, 2.24) is 4.90 Å². The zero-order valence-corrected chi connectivity index (χ0v) is 41.8. The van der Waals surface area contributed by atoms with Crippen molar-refractivity contribution >= 4 is 23.4 Å². The molecule has 0 saturated carbocycles. The van der Waals surface area contributed by atoms with Crippen LogP contribution in [0.25, 0.3) is 5.57 Å². The first-order chi connectivity index (χ1) is 29.4.